The van der Waals surface area contributed by atoms with Crippen molar-refractivity contribution in [3.63, 3.8) is 0 Å². The van der Waals surface area contributed by atoms with Crippen molar-refractivity contribution in [1.82, 2.24) is 19.9 Å². The normalized spacial score (nSPS) is 36.9. The average molecular weight is 1030 g/mol. The number of aliphatic hydroxyl groups excluding tert-OH is 2. The van der Waals surface area contributed by atoms with E-state index < -0.39 is 95.3 Å². The topological polar surface area (TPSA) is 244 Å². The van der Waals surface area contributed by atoms with Gasteiger partial charge in [-0.15, -0.1) is 0 Å². The largest absolute Gasteiger partial charge is 0.459 e. The number of carbonyl (C=O) groups is 2. The van der Waals surface area contributed by atoms with Gasteiger partial charge < -0.3 is 64.1 Å². The van der Waals surface area contributed by atoms with E-state index in [4.69, 9.17) is 44.7 Å². The molecule has 4 heterocycles. The molecule has 0 spiro atoms. The maximum atomic E-state index is 15.1. The molecular weight excluding hydrogens is 944 g/mol. The number of rotatable bonds is 17. The Morgan fingerprint density at radius 2 is 1.67 bits per heavy atom. The van der Waals surface area contributed by atoms with Crippen molar-refractivity contribution in [2.45, 2.75) is 199 Å². The summed E-state index contributed by atoms with van der Waals surface area (Å²) < 4.78 is 60.6. The highest BCUT2D eigenvalue weighted by atomic mass is 19.1. The Morgan fingerprint density at radius 1 is 0.973 bits per heavy atom. The molecule has 7 N–H and O–H groups in total. The number of hydrazine groups is 1. The Balaban J connectivity index is 1.39. The first-order valence-corrected chi connectivity index (χ1v) is 26.0. The molecule has 17 atom stereocenters. The number of nitrogens with two attached hydrogens (primary N) is 2. The highest BCUT2D eigenvalue weighted by Crippen LogP contribution is 2.42. The Labute approximate surface area is 432 Å². The zero-order valence-electron chi connectivity index (χ0n) is 45.5. The fourth-order valence-corrected chi connectivity index (χ4v) is 11.2. The first kappa shape index (κ1) is 60.1. The molecule has 3 aliphatic heterocycles. The van der Waals surface area contributed by atoms with Gasteiger partial charge in [0.25, 0.3) is 0 Å². The molecule has 3 aliphatic rings. The Bertz CT molecular complexity index is 2130. The lowest BCUT2D eigenvalue weighted by Crippen LogP contribution is -2.59. The van der Waals surface area contributed by atoms with Crippen LogP contribution in [-0.4, -0.2) is 159 Å². The maximum absolute atomic E-state index is 15.1. The summed E-state index contributed by atoms with van der Waals surface area (Å²) in [4.78, 5) is 39.1. The lowest BCUT2D eigenvalue weighted by atomic mass is 9.74. The summed E-state index contributed by atoms with van der Waals surface area (Å²) in [7, 11) is 5.22. The van der Waals surface area contributed by atoms with Crippen LogP contribution in [0.1, 0.15) is 120 Å². The smallest absolute Gasteiger partial charge is 0.311 e. The monoisotopic (exact) mass is 1030 g/mol. The Hall–Kier alpha value is -3.73. The summed E-state index contributed by atoms with van der Waals surface area (Å²) in [5, 5.41) is 35.1. The van der Waals surface area contributed by atoms with Crippen molar-refractivity contribution < 1.29 is 62.5 Å². The number of aliphatic hydroxyl groups is 3. The van der Waals surface area contributed by atoms with Crippen LogP contribution in [0.4, 0.5) is 4.39 Å². The van der Waals surface area contributed by atoms with Crippen LogP contribution in [0.2, 0.25) is 0 Å². The number of Topliss-reactive ketones (excluding diaryl/α,β-unsaturated/α-hetero) is 1. The van der Waals surface area contributed by atoms with Crippen molar-refractivity contribution in [1.29, 1.82) is 0 Å². The minimum atomic E-state index is -1.96. The van der Waals surface area contributed by atoms with E-state index in [-0.39, 0.29) is 49.9 Å². The molecule has 18 nitrogen and oxygen atoms in total. The summed E-state index contributed by atoms with van der Waals surface area (Å²) in [6, 6.07) is 4.20. The van der Waals surface area contributed by atoms with Gasteiger partial charge in [0.2, 0.25) is 0 Å². The van der Waals surface area contributed by atoms with E-state index in [1.165, 1.54) is 36.6 Å². The summed E-state index contributed by atoms with van der Waals surface area (Å²) in [6.45, 7) is 18.2. The first-order chi connectivity index (χ1) is 34.3. The number of esters is 1. The van der Waals surface area contributed by atoms with Gasteiger partial charge in [-0.3, -0.25) is 19.6 Å². The van der Waals surface area contributed by atoms with Crippen LogP contribution in [0, 0.1) is 29.5 Å². The van der Waals surface area contributed by atoms with Crippen LogP contribution in [0.15, 0.2) is 48.7 Å². The zero-order chi connectivity index (χ0) is 54.2. The van der Waals surface area contributed by atoms with E-state index >= 15 is 4.39 Å². The van der Waals surface area contributed by atoms with E-state index in [0.717, 1.165) is 0 Å². The standard InChI is InChI=1S/C54H87FN6O12/c1-14-44-54(10,66)49(64)34(5)47(63)31(2)25-53(9,68-13)50(35(6)48(36(7)51(65)71-44)72-46-27-52(8,67-12)26-33(4)70-46)73-45-24-39(21-32(3)69-45)60(11)20-17-38(56)29-61(57)40(30-62)22-37-15-16-41(42(55)23-37)43-28-58-18-19-59-43/h15-16,18-19,23,28-29,31-36,39-40,44-46,48-50,62,64,66H,14,17,20-22,24-27,30,56-57H2,1-13H3/b38-29-/t31-,32-,33+,34+,35+,36-,39+,40+,44-,45+,46+,48+,49-,50-,52+,53-,54-/m1/s1. The molecule has 5 rings (SSSR count). The molecule has 19 heteroatoms. The molecule has 0 unspecified atom stereocenters. The second-order valence-corrected chi connectivity index (χ2v) is 21.9. The zero-order valence-corrected chi connectivity index (χ0v) is 45.5. The molecule has 2 aromatic rings. The number of hydrogen-bond donors (Lipinski definition) is 5. The molecule has 73 heavy (non-hydrogen) atoms. The van der Waals surface area contributed by atoms with Gasteiger partial charge in [-0.1, -0.05) is 33.8 Å². The lowest BCUT2D eigenvalue weighted by molar-refractivity contribution is -0.294. The number of methoxy groups -OCH3 is 2. The van der Waals surface area contributed by atoms with Crippen molar-refractivity contribution in [3.8, 4) is 11.3 Å². The van der Waals surface area contributed by atoms with Crippen LogP contribution in [-0.2, 0) is 49.2 Å². The van der Waals surface area contributed by atoms with Crippen LogP contribution in [0.3, 0.4) is 0 Å². The van der Waals surface area contributed by atoms with Gasteiger partial charge in [0, 0.05) is 100 Å². The van der Waals surface area contributed by atoms with E-state index in [9.17, 15) is 24.9 Å². The molecule has 0 bridgehead atoms. The van der Waals surface area contributed by atoms with Gasteiger partial charge in [0.15, 0.2) is 12.6 Å². The van der Waals surface area contributed by atoms with Gasteiger partial charge in [-0.25, -0.2) is 10.2 Å². The molecule has 3 saturated heterocycles. The minimum absolute atomic E-state index is 0.0329. The molecule has 412 valence electrons. The molecule has 1 aromatic carbocycles. The molecule has 1 aromatic heterocycles. The Morgan fingerprint density at radius 3 is 2.29 bits per heavy atom. The van der Waals surface area contributed by atoms with E-state index in [0.29, 0.717) is 61.2 Å². The summed E-state index contributed by atoms with van der Waals surface area (Å²) in [5.41, 5.74) is 4.67. The van der Waals surface area contributed by atoms with Crippen LogP contribution < -0.4 is 11.6 Å². The molecule has 0 amide bonds. The number of hydrogen-bond acceptors (Lipinski definition) is 18. The minimum Gasteiger partial charge on any atom is -0.459 e. The quantitative estimate of drug-likeness (QED) is 0.0753. The van der Waals surface area contributed by atoms with Gasteiger partial charge in [0.1, 0.15) is 23.3 Å². The molecule has 3 fully saturated rings. The summed E-state index contributed by atoms with van der Waals surface area (Å²) >= 11 is 0. The van der Waals surface area contributed by atoms with Crippen molar-refractivity contribution in [2.24, 2.45) is 35.2 Å². The highest BCUT2D eigenvalue weighted by molar-refractivity contribution is 5.83. The molecule has 0 radical (unpaired) electrons. The fourth-order valence-electron chi connectivity index (χ4n) is 11.2. The van der Waals surface area contributed by atoms with E-state index in [2.05, 4.69) is 14.9 Å². The van der Waals surface area contributed by atoms with Crippen LogP contribution in [0.5, 0.6) is 0 Å². The third-order valence-electron chi connectivity index (χ3n) is 15.9. The number of carbonyl (C=O) groups excluding carboxylic acids is 2. The van der Waals surface area contributed by atoms with Crippen molar-refractivity contribution >= 4 is 11.8 Å². The van der Waals surface area contributed by atoms with Crippen LogP contribution in [0.25, 0.3) is 11.3 Å². The van der Waals surface area contributed by atoms with Crippen molar-refractivity contribution in [3.05, 3.63) is 60.1 Å². The number of nitrogens with zero attached hydrogens (tertiary/aromatic N) is 4. The second-order valence-electron chi connectivity index (χ2n) is 21.9. The third kappa shape index (κ3) is 15.0. The molecule has 0 aliphatic carbocycles. The summed E-state index contributed by atoms with van der Waals surface area (Å²) in [6.07, 6.45) is 2.72. The molecule has 0 saturated carbocycles. The maximum Gasteiger partial charge on any atom is 0.311 e. The van der Waals surface area contributed by atoms with E-state index in [1.54, 1.807) is 60.2 Å². The Kier molecular flexibility index (Phi) is 21.3. The van der Waals surface area contributed by atoms with Gasteiger partial charge in [-0.05, 0) is 92.0 Å². The third-order valence-corrected chi connectivity index (χ3v) is 15.9. The second kappa shape index (κ2) is 25.9. The number of ketones is 1. The number of cyclic esters (lactones) is 1. The van der Waals surface area contributed by atoms with Crippen LogP contribution >= 0.6 is 0 Å². The first-order valence-electron chi connectivity index (χ1n) is 26.0. The number of aromatic nitrogens is 2. The van der Waals surface area contributed by atoms with Crippen molar-refractivity contribution in [2.75, 3.05) is 34.4 Å². The number of benzene rings is 1. The van der Waals surface area contributed by atoms with E-state index in [1.807, 2.05) is 41.7 Å². The lowest BCUT2D eigenvalue weighted by Gasteiger charge is -2.48. The number of halogens is 1. The predicted molar refractivity (Wildman–Crippen MR) is 272 cm³/mol. The van der Waals surface area contributed by atoms with Gasteiger partial charge in [0.05, 0.1) is 72.2 Å². The molecular formula is C54H87FN6O12. The predicted octanol–water partition coefficient (Wildman–Crippen LogP) is 5.43. The fraction of sp³-hybridized carbons (Fsp3) is 0.741. The van der Waals surface area contributed by atoms with Gasteiger partial charge in [-0.2, -0.15) is 0 Å². The van der Waals surface area contributed by atoms with Gasteiger partial charge >= 0.3 is 5.97 Å². The number of ether oxygens (including phenoxy) is 7. The average Bonchev–Trinajstić information content (AvgIpc) is 3.35. The highest BCUT2D eigenvalue weighted by Gasteiger charge is 2.52. The summed E-state index contributed by atoms with van der Waals surface area (Å²) in [5.74, 6) is 1.72. The SMILES string of the molecule is CC[C@H]1OC(=O)[C@H](C)[C@@H](O[C@H]2C[C@@](C)(OC)C[C@H](C)O2)[C@H](C)[C@@H](O[C@H]2C[C@@H](N(C)CC/C(N)=C/N(N)[C@H](CO)Cc3ccc(-c4cnccn4)c(F)c3)C[C@@H](C)O2)[C@](C)(OC)C[C@@H](C)C(=O)[C@H](C)[C@@H](O)[C@]1(C)O.